The van der Waals surface area contributed by atoms with E-state index in [-0.39, 0.29) is 30.3 Å². The molecular formula is C35H47N9O3. The predicted octanol–water partition coefficient (Wildman–Crippen LogP) is 2.79. The van der Waals surface area contributed by atoms with Gasteiger partial charge in [-0.3, -0.25) is 19.6 Å². The first-order valence-corrected chi connectivity index (χ1v) is 17.4. The minimum absolute atomic E-state index is 0.0158. The predicted molar refractivity (Wildman–Crippen MR) is 180 cm³/mol. The van der Waals surface area contributed by atoms with Gasteiger partial charge in [0.05, 0.1) is 11.4 Å². The summed E-state index contributed by atoms with van der Waals surface area (Å²) in [6.45, 7) is 9.11. The van der Waals surface area contributed by atoms with E-state index in [1.165, 1.54) is 0 Å². The van der Waals surface area contributed by atoms with Gasteiger partial charge in [-0.05, 0) is 87.4 Å². The summed E-state index contributed by atoms with van der Waals surface area (Å²) in [6, 6.07) is 12.6. The van der Waals surface area contributed by atoms with Crippen LogP contribution >= 0.6 is 0 Å². The monoisotopic (exact) mass is 641 g/mol. The van der Waals surface area contributed by atoms with Gasteiger partial charge in [-0.15, -0.1) is 5.10 Å². The second-order valence-corrected chi connectivity index (χ2v) is 13.7. The number of carbonyl (C=O) groups is 3. The maximum Gasteiger partial charge on any atom is 0.322 e. The quantitative estimate of drug-likeness (QED) is 0.362. The Hall–Kier alpha value is -4.03. The molecule has 0 spiro atoms. The second kappa shape index (κ2) is 14.0. The first-order valence-electron chi connectivity index (χ1n) is 17.4. The van der Waals surface area contributed by atoms with Crippen molar-refractivity contribution in [1.29, 1.82) is 0 Å². The highest BCUT2D eigenvalue weighted by Crippen LogP contribution is 2.27. The van der Waals surface area contributed by atoms with Crippen molar-refractivity contribution in [3.05, 3.63) is 53.1 Å². The Labute approximate surface area is 276 Å². The second-order valence-electron chi connectivity index (χ2n) is 13.7. The molecule has 1 aromatic heterocycles. The highest BCUT2D eigenvalue weighted by Gasteiger charge is 2.35. The number of piperidine rings is 2. The SMILES string of the molecule is Cc1cc(CC(CC(=O)N2CCC(N3CCc4ccccc4NC3=O)CC2)C(=O)N2CCN(C3CCNCC3)CC2)cc2nn[nH]c12. The number of hydrogen-bond acceptors (Lipinski definition) is 7. The number of benzene rings is 2. The maximum atomic E-state index is 14.2. The van der Waals surface area contributed by atoms with Gasteiger partial charge in [-0.1, -0.05) is 29.5 Å². The number of likely N-dealkylation sites (tertiary alicyclic amines) is 1. The number of rotatable bonds is 7. The Morgan fingerprint density at radius 3 is 2.47 bits per heavy atom. The fraction of sp³-hybridized carbons (Fsp3) is 0.571. The van der Waals surface area contributed by atoms with Gasteiger partial charge in [-0.2, -0.15) is 0 Å². The van der Waals surface area contributed by atoms with Crippen molar-refractivity contribution in [3.8, 4) is 0 Å². The number of piperazine rings is 1. The molecule has 3 saturated heterocycles. The van der Waals surface area contributed by atoms with E-state index in [1.54, 1.807) is 0 Å². The normalized spacial score (nSPS) is 21.0. The molecule has 1 unspecified atom stereocenters. The Bertz CT molecular complexity index is 1590. The molecule has 0 saturated carbocycles. The minimum atomic E-state index is -0.454. The van der Waals surface area contributed by atoms with Crippen LogP contribution in [0.5, 0.6) is 0 Å². The molecule has 3 N–H and O–H groups in total. The highest BCUT2D eigenvalue weighted by atomic mass is 16.2. The molecule has 0 bridgehead atoms. The number of fused-ring (bicyclic) bond motifs is 2. The largest absolute Gasteiger partial charge is 0.343 e. The molecular weight excluding hydrogens is 594 g/mol. The lowest BCUT2D eigenvalue weighted by Crippen LogP contribution is -2.55. The third-order valence-electron chi connectivity index (χ3n) is 10.8. The average molecular weight is 642 g/mol. The third-order valence-corrected chi connectivity index (χ3v) is 10.8. The van der Waals surface area contributed by atoms with Crippen LogP contribution in [0.3, 0.4) is 0 Å². The lowest BCUT2D eigenvalue weighted by molar-refractivity contribution is -0.143. The summed E-state index contributed by atoms with van der Waals surface area (Å²) in [5, 5.41) is 17.7. The maximum absolute atomic E-state index is 14.2. The van der Waals surface area contributed by atoms with Gasteiger partial charge < -0.3 is 25.3 Å². The van der Waals surface area contributed by atoms with Gasteiger partial charge in [0.25, 0.3) is 0 Å². The molecule has 12 nitrogen and oxygen atoms in total. The molecule has 1 atom stereocenters. The third kappa shape index (κ3) is 6.99. The molecule has 4 aliphatic rings. The number of urea groups is 1. The van der Waals surface area contributed by atoms with E-state index in [0.717, 1.165) is 91.7 Å². The fourth-order valence-corrected chi connectivity index (χ4v) is 8.09. The standard InChI is InChI=1S/C35H47N9O3/c1-24-20-25(22-31-33(24)39-40-38-31)21-27(34(46)43-18-16-41(17-19-43)28-6-11-36-12-7-28)23-32(45)42-13-9-29(10-14-42)44-15-8-26-4-2-3-5-30(26)37-35(44)47/h2-5,20,22,27-29,36H,6-19,21,23H2,1H3,(H,37,47)(H,38,39,40). The Morgan fingerprint density at radius 2 is 1.68 bits per heavy atom. The zero-order valence-electron chi connectivity index (χ0n) is 27.4. The molecule has 2 aromatic carbocycles. The summed E-state index contributed by atoms with van der Waals surface area (Å²) >= 11 is 0. The molecule has 5 heterocycles. The van der Waals surface area contributed by atoms with Crippen LogP contribution in [0.25, 0.3) is 11.0 Å². The van der Waals surface area contributed by atoms with Crippen molar-refractivity contribution in [2.24, 2.45) is 5.92 Å². The van der Waals surface area contributed by atoms with Gasteiger partial charge in [0.15, 0.2) is 0 Å². The van der Waals surface area contributed by atoms with Crippen LogP contribution in [0.2, 0.25) is 0 Å². The smallest absolute Gasteiger partial charge is 0.322 e. The number of nitrogens with one attached hydrogen (secondary N) is 3. The van der Waals surface area contributed by atoms with E-state index in [9.17, 15) is 14.4 Å². The summed E-state index contributed by atoms with van der Waals surface area (Å²) in [4.78, 5) is 49.5. The molecule has 7 rings (SSSR count). The van der Waals surface area contributed by atoms with Crippen molar-refractivity contribution >= 4 is 34.6 Å². The average Bonchev–Trinajstić information content (AvgIpc) is 3.52. The molecule has 4 amide bonds. The Kier molecular flexibility index (Phi) is 9.39. The highest BCUT2D eigenvalue weighted by molar-refractivity contribution is 5.91. The molecule has 3 fully saturated rings. The summed E-state index contributed by atoms with van der Waals surface area (Å²) in [5.41, 5.74) is 5.72. The van der Waals surface area contributed by atoms with Gasteiger partial charge in [0.1, 0.15) is 5.52 Å². The van der Waals surface area contributed by atoms with Crippen LogP contribution < -0.4 is 10.6 Å². The topological polar surface area (TPSA) is 130 Å². The number of carbonyl (C=O) groups excluding carboxylic acids is 3. The number of aryl methyl sites for hydroxylation is 1. The number of para-hydroxylation sites is 1. The molecule has 4 aliphatic heterocycles. The summed E-state index contributed by atoms with van der Waals surface area (Å²) in [7, 11) is 0. The van der Waals surface area contributed by atoms with Gasteiger partial charge >= 0.3 is 6.03 Å². The van der Waals surface area contributed by atoms with Crippen molar-refractivity contribution in [3.63, 3.8) is 0 Å². The van der Waals surface area contributed by atoms with Crippen LogP contribution in [0.4, 0.5) is 10.5 Å². The van der Waals surface area contributed by atoms with Crippen LogP contribution in [0.1, 0.15) is 48.8 Å². The van der Waals surface area contributed by atoms with Crippen molar-refractivity contribution in [2.45, 2.75) is 64.0 Å². The Morgan fingerprint density at radius 1 is 0.915 bits per heavy atom. The zero-order chi connectivity index (χ0) is 32.3. The number of nitrogens with zero attached hydrogens (tertiary/aromatic N) is 6. The summed E-state index contributed by atoms with van der Waals surface area (Å²) in [6.07, 6.45) is 5.23. The number of H-pyrrole nitrogens is 1. The number of amides is 4. The molecule has 12 heteroatoms. The van der Waals surface area contributed by atoms with Gasteiger partial charge in [-0.25, -0.2) is 4.79 Å². The van der Waals surface area contributed by atoms with E-state index in [4.69, 9.17) is 0 Å². The minimum Gasteiger partial charge on any atom is -0.343 e. The first kappa shape index (κ1) is 31.6. The molecule has 47 heavy (non-hydrogen) atoms. The van der Waals surface area contributed by atoms with E-state index >= 15 is 0 Å². The van der Waals surface area contributed by atoms with E-state index in [2.05, 4.69) is 43.1 Å². The summed E-state index contributed by atoms with van der Waals surface area (Å²) in [5.74, 6) is -0.372. The van der Waals surface area contributed by atoms with Crippen molar-refractivity contribution in [1.82, 2.24) is 40.3 Å². The van der Waals surface area contributed by atoms with Crippen molar-refractivity contribution in [2.75, 3.05) is 64.2 Å². The number of anilines is 1. The van der Waals surface area contributed by atoms with Crippen LogP contribution in [-0.2, 0) is 22.4 Å². The number of aromatic amines is 1. The lowest BCUT2D eigenvalue weighted by Gasteiger charge is -2.42. The molecule has 250 valence electrons. The number of aromatic nitrogens is 3. The fourth-order valence-electron chi connectivity index (χ4n) is 8.09. The molecule has 0 aliphatic carbocycles. The van der Waals surface area contributed by atoms with Crippen molar-refractivity contribution < 1.29 is 14.4 Å². The van der Waals surface area contributed by atoms with E-state index in [0.29, 0.717) is 45.2 Å². The van der Waals surface area contributed by atoms with E-state index < -0.39 is 5.92 Å². The molecule has 0 radical (unpaired) electrons. The first-order chi connectivity index (χ1) is 22.9. The lowest BCUT2D eigenvalue weighted by atomic mass is 9.92. The van der Waals surface area contributed by atoms with Crippen LogP contribution in [0.15, 0.2) is 36.4 Å². The van der Waals surface area contributed by atoms with Gasteiger partial charge in [0, 0.05) is 70.0 Å². The van der Waals surface area contributed by atoms with Crippen LogP contribution in [-0.4, -0.2) is 124 Å². The van der Waals surface area contributed by atoms with Gasteiger partial charge in [0.2, 0.25) is 11.8 Å². The zero-order valence-corrected chi connectivity index (χ0v) is 27.4. The van der Waals surface area contributed by atoms with Crippen LogP contribution in [0, 0.1) is 12.8 Å². The number of hydrogen-bond donors (Lipinski definition) is 3. The van der Waals surface area contributed by atoms with E-state index in [1.807, 2.05) is 45.9 Å². The Balaban J connectivity index is 1.00. The molecule has 3 aromatic rings. The summed E-state index contributed by atoms with van der Waals surface area (Å²) < 4.78 is 0.